The first-order valence-electron chi connectivity index (χ1n) is 8.13. The molecule has 0 saturated heterocycles. The molecule has 7 heteroatoms. The molecule has 0 spiro atoms. The van der Waals surface area contributed by atoms with Gasteiger partial charge in [-0.1, -0.05) is 12.1 Å². The quantitative estimate of drug-likeness (QED) is 0.739. The number of pyridine rings is 1. The second-order valence-corrected chi connectivity index (χ2v) is 5.72. The molecule has 0 bridgehead atoms. The first-order valence-corrected chi connectivity index (χ1v) is 8.13. The topological polar surface area (TPSA) is 77.5 Å². The van der Waals surface area contributed by atoms with Crippen LogP contribution in [0.3, 0.4) is 0 Å². The molecule has 2 aromatic rings. The van der Waals surface area contributed by atoms with Crippen molar-refractivity contribution in [1.82, 2.24) is 15.4 Å². The van der Waals surface area contributed by atoms with Crippen molar-refractivity contribution in [3.05, 3.63) is 77.6 Å². The van der Waals surface area contributed by atoms with Gasteiger partial charge in [-0.15, -0.1) is 0 Å². The number of allylic oxidation sites excluding steroid dienone is 1. The number of Topliss-reactive ketones (excluding diaryl/α,β-unsaturated/α-hetero) is 1. The molecule has 0 amide bonds. The Labute approximate surface area is 150 Å². The highest BCUT2D eigenvalue weighted by Crippen LogP contribution is 2.28. The maximum atomic E-state index is 14.1. The second kappa shape index (κ2) is 7.79. The first-order chi connectivity index (χ1) is 12.6. The molecule has 1 aliphatic heterocycles. The van der Waals surface area contributed by atoms with E-state index in [0.29, 0.717) is 23.5 Å². The van der Waals surface area contributed by atoms with Crippen LogP contribution in [-0.2, 0) is 4.79 Å². The van der Waals surface area contributed by atoms with Crippen molar-refractivity contribution in [3.63, 3.8) is 0 Å². The number of hydrazine groups is 1. The number of aliphatic hydroxyl groups is 1. The van der Waals surface area contributed by atoms with Gasteiger partial charge in [-0.3, -0.25) is 20.2 Å². The summed E-state index contributed by atoms with van der Waals surface area (Å²) in [6.07, 6.45) is 4.89. The molecule has 3 N–H and O–H groups in total. The molecule has 0 saturated carbocycles. The minimum atomic E-state index is -0.422. The second-order valence-electron chi connectivity index (χ2n) is 5.72. The fourth-order valence-corrected chi connectivity index (χ4v) is 2.71. The van der Waals surface area contributed by atoms with Crippen LogP contribution in [0.25, 0.3) is 5.70 Å². The Morgan fingerprint density at radius 2 is 2.00 bits per heavy atom. The minimum Gasteiger partial charge on any atom is -0.394 e. The zero-order valence-corrected chi connectivity index (χ0v) is 14.2. The van der Waals surface area contributed by atoms with Crippen LogP contribution in [-0.4, -0.2) is 34.0 Å². The summed E-state index contributed by atoms with van der Waals surface area (Å²) in [6.45, 7) is 1.66. The number of hydrogen-bond acceptors (Lipinski definition) is 6. The van der Waals surface area contributed by atoms with Crippen molar-refractivity contribution < 1.29 is 14.3 Å². The number of ketones is 1. The van der Waals surface area contributed by atoms with E-state index in [1.165, 1.54) is 13.0 Å². The lowest BCUT2D eigenvalue weighted by molar-refractivity contribution is -0.113. The number of aromatic nitrogens is 1. The summed E-state index contributed by atoms with van der Waals surface area (Å²) in [5.41, 5.74) is 5.55. The third-order valence-electron chi connectivity index (χ3n) is 3.86. The van der Waals surface area contributed by atoms with Crippen LogP contribution < -0.4 is 10.7 Å². The van der Waals surface area contributed by atoms with Crippen LogP contribution in [0.4, 0.5) is 10.1 Å². The first kappa shape index (κ1) is 17.6. The summed E-state index contributed by atoms with van der Waals surface area (Å²) in [6, 6.07) is 9.79. The van der Waals surface area contributed by atoms with Crippen LogP contribution in [0, 0.1) is 5.82 Å². The van der Waals surface area contributed by atoms with E-state index in [1.807, 2.05) is 0 Å². The fraction of sp³-hybridized carbons (Fsp3) is 0.158. The van der Waals surface area contributed by atoms with Crippen molar-refractivity contribution in [3.8, 4) is 0 Å². The Morgan fingerprint density at radius 1 is 1.27 bits per heavy atom. The number of nitrogens with zero attached hydrogens (tertiary/aromatic N) is 2. The summed E-state index contributed by atoms with van der Waals surface area (Å²) in [5, 5.41) is 13.9. The number of halogens is 1. The Hall–Kier alpha value is -3.19. The van der Waals surface area contributed by atoms with Gasteiger partial charge < -0.3 is 10.4 Å². The average molecular weight is 354 g/mol. The number of benzene rings is 1. The van der Waals surface area contributed by atoms with Crippen molar-refractivity contribution in [2.75, 3.05) is 18.5 Å². The molecule has 26 heavy (non-hydrogen) atoms. The van der Waals surface area contributed by atoms with Crippen LogP contribution in [0.5, 0.6) is 0 Å². The maximum absolute atomic E-state index is 14.1. The van der Waals surface area contributed by atoms with Crippen molar-refractivity contribution in [2.24, 2.45) is 0 Å². The van der Waals surface area contributed by atoms with Crippen LogP contribution in [0.15, 0.2) is 66.3 Å². The summed E-state index contributed by atoms with van der Waals surface area (Å²) in [4.78, 5) is 16.4. The van der Waals surface area contributed by atoms with E-state index in [2.05, 4.69) is 15.7 Å². The maximum Gasteiger partial charge on any atom is 0.164 e. The smallest absolute Gasteiger partial charge is 0.164 e. The van der Waals surface area contributed by atoms with Crippen molar-refractivity contribution in [1.29, 1.82) is 0 Å². The molecule has 0 fully saturated rings. The molecular weight excluding hydrogens is 335 g/mol. The van der Waals surface area contributed by atoms with E-state index in [9.17, 15) is 14.3 Å². The summed E-state index contributed by atoms with van der Waals surface area (Å²) in [5.74, 6) is -0.600. The standard InChI is InChI=1S/C19H19FN4O2/c1-13(26)18-17(22-16-5-3-2-4-15(16)20)12-24(10-11-25)23-19(18)14-6-8-21-9-7-14/h2-9,12,22-23,25H,10-11H2,1H3. The van der Waals surface area contributed by atoms with Gasteiger partial charge in [0.25, 0.3) is 0 Å². The van der Waals surface area contributed by atoms with Crippen LogP contribution in [0.1, 0.15) is 12.5 Å². The van der Waals surface area contributed by atoms with Gasteiger partial charge in [0.15, 0.2) is 5.78 Å². The zero-order valence-electron chi connectivity index (χ0n) is 14.2. The summed E-state index contributed by atoms with van der Waals surface area (Å²) < 4.78 is 14.1. The van der Waals surface area contributed by atoms with Gasteiger partial charge in [0.1, 0.15) is 5.82 Å². The molecule has 0 atom stereocenters. The number of nitrogens with one attached hydrogen (secondary N) is 2. The molecule has 6 nitrogen and oxygen atoms in total. The van der Waals surface area contributed by atoms with E-state index in [-0.39, 0.29) is 18.1 Å². The van der Waals surface area contributed by atoms with E-state index >= 15 is 0 Å². The van der Waals surface area contributed by atoms with E-state index in [1.54, 1.807) is 53.9 Å². The largest absolute Gasteiger partial charge is 0.394 e. The number of carbonyl (C=O) groups excluding carboxylic acids is 1. The molecule has 2 heterocycles. The van der Waals surface area contributed by atoms with E-state index in [4.69, 9.17) is 0 Å². The number of aliphatic hydroxyl groups excluding tert-OH is 1. The van der Waals surface area contributed by atoms with Gasteiger partial charge >= 0.3 is 0 Å². The monoisotopic (exact) mass is 354 g/mol. The van der Waals surface area contributed by atoms with Gasteiger partial charge in [0.05, 0.1) is 35.8 Å². The molecule has 1 aromatic heterocycles. The van der Waals surface area contributed by atoms with Crippen molar-refractivity contribution >= 4 is 17.2 Å². The van der Waals surface area contributed by atoms with Gasteiger partial charge in [-0.2, -0.15) is 0 Å². The number of carbonyl (C=O) groups is 1. The molecule has 1 aliphatic rings. The predicted molar refractivity (Wildman–Crippen MR) is 96.9 cm³/mol. The van der Waals surface area contributed by atoms with Crippen LogP contribution in [0.2, 0.25) is 0 Å². The highest BCUT2D eigenvalue weighted by Gasteiger charge is 2.25. The summed E-state index contributed by atoms with van der Waals surface area (Å²) in [7, 11) is 0. The lowest BCUT2D eigenvalue weighted by Crippen LogP contribution is -2.40. The number of hydrogen-bond donors (Lipinski definition) is 3. The Kier molecular flexibility index (Phi) is 5.28. The zero-order chi connectivity index (χ0) is 18.5. The Bertz CT molecular complexity index is 865. The van der Waals surface area contributed by atoms with E-state index in [0.717, 1.165) is 5.56 Å². The molecule has 1 aromatic carbocycles. The minimum absolute atomic E-state index is 0.0878. The van der Waals surface area contributed by atoms with Gasteiger partial charge in [-0.25, -0.2) is 4.39 Å². The third kappa shape index (κ3) is 3.73. The van der Waals surface area contributed by atoms with E-state index < -0.39 is 5.82 Å². The fourth-order valence-electron chi connectivity index (χ4n) is 2.71. The average Bonchev–Trinajstić information content (AvgIpc) is 2.64. The lowest BCUT2D eigenvalue weighted by Gasteiger charge is -2.32. The number of para-hydroxylation sites is 1. The van der Waals surface area contributed by atoms with Gasteiger partial charge in [0, 0.05) is 24.2 Å². The highest BCUT2D eigenvalue weighted by molar-refractivity contribution is 6.06. The van der Waals surface area contributed by atoms with Gasteiger partial charge in [-0.05, 0) is 31.2 Å². The predicted octanol–water partition coefficient (Wildman–Crippen LogP) is 2.29. The lowest BCUT2D eigenvalue weighted by atomic mass is 10.00. The Morgan fingerprint density at radius 3 is 2.65 bits per heavy atom. The van der Waals surface area contributed by atoms with Crippen LogP contribution >= 0.6 is 0 Å². The Balaban J connectivity index is 2.09. The number of anilines is 1. The van der Waals surface area contributed by atoms with Crippen molar-refractivity contribution in [2.45, 2.75) is 6.92 Å². The molecule has 134 valence electrons. The molecule has 3 rings (SSSR count). The normalized spacial score (nSPS) is 14.0. The summed E-state index contributed by atoms with van der Waals surface area (Å²) >= 11 is 0. The molecule has 0 aliphatic carbocycles. The molecule has 0 radical (unpaired) electrons. The number of β-amino-alcohol motifs (C(OH)–C–C–N with tert-alkyl or cyclic N) is 1. The van der Waals surface area contributed by atoms with Gasteiger partial charge in [0.2, 0.25) is 0 Å². The molecular formula is C19H19FN4O2. The SMILES string of the molecule is CC(=O)C1=C(c2ccncc2)NN(CCO)C=C1Nc1ccccc1F. The highest BCUT2D eigenvalue weighted by atomic mass is 19.1. The number of rotatable bonds is 6. The molecule has 0 unspecified atom stereocenters. The third-order valence-corrected chi connectivity index (χ3v) is 3.86.